The molecule has 0 aliphatic rings. The molecule has 12 heterocycles. The second kappa shape index (κ2) is 38.8. The first kappa shape index (κ1) is 62.1. The number of rotatable bonds is 12. The topological polar surface area (TPSA) is 239 Å². The zero-order chi connectivity index (χ0) is 53.6. The van der Waals surface area contributed by atoms with E-state index in [1.807, 2.05) is 218 Å². The molecule has 0 unspecified atom stereocenters. The van der Waals surface area contributed by atoms with Gasteiger partial charge in [-0.2, -0.15) is 0 Å². The second-order valence-corrected chi connectivity index (χ2v) is 14.9. The summed E-state index contributed by atoms with van der Waals surface area (Å²) in [5.41, 5.74) is 0. The first-order valence-electron chi connectivity index (χ1n) is 23.9. The van der Waals surface area contributed by atoms with Gasteiger partial charge in [0.1, 0.15) is 0 Å². The van der Waals surface area contributed by atoms with E-state index in [0.717, 1.165) is 0 Å². The summed E-state index contributed by atoms with van der Waals surface area (Å²) in [7, 11) is 0. The largest absolute Gasteiger partial charge is 3.00 e. The fraction of sp³-hybridized carbons (Fsp3) is 0. The molecule has 20 heteroatoms. The third kappa shape index (κ3) is 26.1. The molecule has 0 bridgehead atoms. The van der Waals surface area contributed by atoms with E-state index in [1.165, 1.54) is 0 Å². The predicted octanol–water partition coefficient (Wildman–Crippen LogP) is 16.9. The third-order valence-electron chi connectivity index (χ3n) is 9.17. The van der Waals surface area contributed by atoms with Crippen molar-refractivity contribution in [2.24, 2.45) is 0 Å². The van der Waals surface area contributed by atoms with Gasteiger partial charge in [-0.25, -0.2) is 0 Å². The van der Waals surface area contributed by atoms with Gasteiger partial charge in [-0.15, -0.1) is 0 Å². The van der Waals surface area contributed by atoms with Crippen LogP contribution in [0.1, 0.15) is 0 Å². The molecule has 80 heavy (non-hydrogen) atoms. The number of aromatic nitrogens is 12. The molecule has 0 aliphatic heterocycles. The molecule has 0 aliphatic carbocycles. The van der Waals surface area contributed by atoms with Crippen molar-refractivity contribution in [1.82, 2.24) is 59.8 Å². The maximum Gasteiger partial charge on any atom is 3.00 e. The Morgan fingerprint density at radius 1 is 0.138 bits per heavy atom. The van der Waals surface area contributed by atoms with Gasteiger partial charge in [-0.1, -0.05) is 146 Å². The second-order valence-electron chi connectivity index (χ2n) is 14.9. The van der Waals surface area contributed by atoms with Crippen LogP contribution < -0.4 is 0 Å². The molecule has 18 nitrogen and oxygen atoms in total. The van der Waals surface area contributed by atoms with Gasteiger partial charge in [-0.05, 0) is 147 Å². The SMILES string of the molecule is [Sm+3].[Sm+3].c1ccc([N-]c2ccccn2)nc1.c1ccc([N-]c2ccccn2)nc1.c1ccc([N-]c2ccccn2)nc1.c1ccc([N-]c2ccccn2)nc1.c1ccc([N-]c2ccccn2)nc1.c1ccc([N-]c2ccccn2)nc1. The molecule has 0 spiro atoms. The van der Waals surface area contributed by atoms with Gasteiger partial charge >= 0.3 is 80.8 Å². The molecule has 390 valence electrons. The average Bonchev–Trinajstić information content (AvgIpc) is 3.51. The minimum Gasteiger partial charge on any atom is -0.369 e. The molecule has 0 atom stereocenters. The van der Waals surface area contributed by atoms with Gasteiger partial charge in [0, 0.05) is 69.8 Å². The Kier molecular flexibility index (Phi) is 30.1. The number of hydrogen-bond donors (Lipinski definition) is 0. The molecule has 2 radical (unpaired) electrons. The van der Waals surface area contributed by atoms with Gasteiger partial charge < -0.3 is 91.7 Å². The number of nitrogens with zero attached hydrogens (tertiary/aromatic N) is 18. The Morgan fingerprint density at radius 2 is 0.225 bits per heavy atom. The van der Waals surface area contributed by atoms with E-state index >= 15 is 0 Å². The van der Waals surface area contributed by atoms with E-state index in [-0.39, 0.29) is 80.8 Å². The van der Waals surface area contributed by atoms with E-state index < -0.39 is 0 Å². The third-order valence-corrected chi connectivity index (χ3v) is 9.17. The summed E-state index contributed by atoms with van der Waals surface area (Å²) in [6, 6.07) is 67.2. The molecule has 0 amide bonds. The fourth-order valence-electron chi connectivity index (χ4n) is 5.74. The van der Waals surface area contributed by atoms with Crippen LogP contribution in [-0.2, 0) is 0 Å². The quantitative estimate of drug-likeness (QED) is 0.111. The van der Waals surface area contributed by atoms with E-state index in [4.69, 9.17) is 0 Å². The van der Waals surface area contributed by atoms with Crippen LogP contribution in [0.4, 0.5) is 69.8 Å². The van der Waals surface area contributed by atoms with Crippen LogP contribution in [-0.4, -0.2) is 59.8 Å². The molecule has 12 rings (SSSR count). The number of hydrogen-bond acceptors (Lipinski definition) is 12. The molecule has 0 aromatic carbocycles. The zero-order valence-corrected chi connectivity index (χ0v) is 47.8. The Balaban J connectivity index is 0.000000176. The van der Waals surface area contributed by atoms with Crippen molar-refractivity contribution < 1.29 is 80.8 Å². The smallest absolute Gasteiger partial charge is 0.369 e. The predicted molar refractivity (Wildman–Crippen MR) is 307 cm³/mol. The van der Waals surface area contributed by atoms with Crippen LogP contribution in [0.15, 0.2) is 293 Å². The van der Waals surface area contributed by atoms with Crippen LogP contribution >= 0.6 is 0 Å². The van der Waals surface area contributed by atoms with Crippen LogP contribution in [0.25, 0.3) is 31.9 Å². The summed E-state index contributed by atoms with van der Waals surface area (Å²) in [5, 5.41) is 25.3. The molecular formula is C60H48N18Sm2. The summed E-state index contributed by atoms with van der Waals surface area (Å²) < 4.78 is 0. The van der Waals surface area contributed by atoms with Crippen LogP contribution in [0.2, 0.25) is 0 Å². The van der Waals surface area contributed by atoms with Crippen LogP contribution in [0.3, 0.4) is 0 Å². The summed E-state index contributed by atoms with van der Waals surface area (Å²) in [5.74, 6) is 8.18. The van der Waals surface area contributed by atoms with Crippen molar-refractivity contribution in [2.45, 2.75) is 0 Å². The van der Waals surface area contributed by atoms with E-state index in [9.17, 15) is 0 Å². The Morgan fingerprint density at radius 3 is 0.287 bits per heavy atom. The van der Waals surface area contributed by atoms with Gasteiger partial charge in [0.25, 0.3) is 0 Å². The van der Waals surface area contributed by atoms with Gasteiger partial charge in [0.05, 0.1) is 0 Å². The van der Waals surface area contributed by atoms with Crippen molar-refractivity contribution in [3.8, 4) is 0 Å². The molecule has 12 aromatic heterocycles. The Labute approximate surface area is 529 Å². The maximum atomic E-state index is 4.22. The average molecular weight is 1320 g/mol. The Bertz CT molecular complexity index is 2540. The normalized spacial score (nSPS) is 9.30. The molecule has 12 aromatic rings. The molecular weight excluding hydrogens is 1270 g/mol. The zero-order valence-electron chi connectivity index (χ0n) is 42.6. The van der Waals surface area contributed by atoms with Crippen molar-refractivity contribution in [3.63, 3.8) is 0 Å². The summed E-state index contributed by atoms with van der Waals surface area (Å²) >= 11 is 0. The van der Waals surface area contributed by atoms with Crippen molar-refractivity contribution in [1.29, 1.82) is 0 Å². The first-order valence-corrected chi connectivity index (χ1v) is 23.9. The van der Waals surface area contributed by atoms with Crippen LogP contribution in [0, 0.1) is 80.8 Å². The van der Waals surface area contributed by atoms with Gasteiger partial charge in [-0.3, -0.25) is 0 Å². The standard InChI is InChI=1S/6C10H8N3.2Sm/c6*1-3-7-11-9(5-1)13-10-6-2-4-8-12-10;;/h6*1-8H;;/q6*-1;2*+3. The maximum absolute atomic E-state index is 4.22. The van der Waals surface area contributed by atoms with Crippen molar-refractivity contribution in [3.05, 3.63) is 325 Å². The monoisotopic (exact) mass is 1320 g/mol. The molecule has 0 saturated heterocycles. The minimum absolute atomic E-state index is 0. The van der Waals surface area contributed by atoms with E-state index in [2.05, 4.69) is 91.7 Å². The van der Waals surface area contributed by atoms with Crippen molar-refractivity contribution >= 4 is 69.8 Å². The van der Waals surface area contributed by atoms with E-state index in [0.29, 0.717) is 69.8 Å². The number of pyridine rings is 12. The fourth-order valence-corrected chi connectivity index (χ4v) is 5.74. The summed E-state index contributed by atoms with van der Waals surface area (Å²) in [6.07, 6.45) is 20.5. The minimum atomic E-state index is 0. The molecule has 0 N–H and O–H groups in total. The molecule has 0 saturated carbocycles. The van der Waals surface area contributed by atoms with Crippen molar-refractivity contribution in [2.75, 3.05) is 0 Å². The van der Waals surface area contributed by atoms with Gasteiger partial charge in [0.15, 0.2) is 0 Å². The first-order chi connectivity index (χ1) is 38.7. The van der Waals surface area contributed by atoms with E-state index in [1.54, 1.807) is 74.4 Å². The van der Waals surface area contributed by atoms with Gasteiger partial charge in [0.2, 0.25) is 0 Å². The van der Waals surface area contributed by atoms with Crippen LogP contribution in [0.5, 0.6) is 0 Å². The Hall–Kier alpha value is -8.72. The summed E-state index contributed by atoms with van der Waals surface area (Å²) in [6.45, 7) is 0. The molecule has 0 fully saturated rings. The summed E-state index contributed by atoms with van der Waals surface area (Å²) in [4.78, 5) is 48.8.